The number of hydrogen-bond donors (Lipinski definition) is 1. The van der Waals surface area contributed by atoms with Gasteiger partial charge in [-0.25, -0.2) is 0 Å². The number of nitrogens with zero attached hydrogens (tertiary/aromatic N) is 2. The van der Waals surface area contributed by atoms with E-state index in [1.807, 2.05) is 25.4 Å². The Labute approximate surface area is 95.9 Å². The summed E-state index contributed by atoms with van der Waals surface area (Å²) in [7, 11) is 2.00. The fourth-order valence-corrected chi connectivity index (χ4v) is 1.55. The molecule has 0 saturated carbocycles. The molecular formula is C12H18N2O2. The molecule has 0 bridgehead atoms. The van der Waals surface area contributed by atoms with Crippen molar-refractivity contribution >= 4 is 5.97 Å². The Morgan fingerprint density at radius 2 is 2.38 bits per heavy atom. The zero-order valence-corrected chi connectivity index (χ0v) is 9.76. The van der Waals surface area contributed by atoms with E-state index in [9.17, 15) is 4.79 Å². The molecule has 4 heteroatoms. The van der Waals surface area contributed by atoms with Crippen molar-refractivity contribution in [1.29, 1.82) is 0 Å². The smallest absolute Gasteiger partial charge is 0.303 e. The summed E-state index contributed by atoms with van der Waals surface area (Å²) in [5.74, 6) is -0.734. The van der Waals surface area contributed by atoms with Crippen LogP contribution in [-0.2, 0) is 4.79 Å². The second kappa shape index (κ2) is 6.23. The molecule has 4 nitrogen and oxygen atoms in total. The predicted molar refractivity (Wildman–Crippen MR) is 62.2 cm³/mol. The van der Waals surface area contributed by atoms with Crippen molar-refractivity contribution in [3.8, 4) is 0 Å². The van der Waals surface area contributed by atoms with Gasteiger partial charge in [0, 0.05) is 24.9 Å². The monoisotopic (exact) mass is 222 g/mol. The van der Waals surface area contributed by atoms with Crippen LogP contribution in [0, 0.1) is 0 Å². The summed E-state index contributed by atoms with van der Waals surface area (Å²) in [6.07, 6.45) is 4.50. The van der Waals surface area contributed by atoms with Gasteiger partial charge in [-0.2, -0.15) is 0 Å². The summed E-state index contributed by atoms with van der Waals surface area (Å²) in [5.41, 5.74) is 1.15. The van der Waals surface area contributed by atoms with Gasteiger partial charge < -0.3 is 5.11 Å². The maximum atomic E-state index is 10.4. The van der Waals surface area contributed by atoms with Crippen LogP contribution in [0.3, 0.4) is 0 Å². The van der Waals surface area contributed by atoms with Gasteiger partial charge in [0.2, 0.25) is 0 Å². The SMILES string of the molecule is CC(c1cccnc1)N(C)CCCC(=O)O. The average molecular weight is 222 g/mol. The van der Waals surface area contributed by atoms with E-state index >= 15 is 0 Å². The van der Waals surface area contributed by atoms with Crippen LogP contribution in [0.4, 0.5) is 0 Å². The molecule has 0 saturated heterocycles. The first-order chi connectivity index (χ1) is 7.61. The van der Waals surface area contributed by atoms with E-state index < -0.39 is 5.97 Å². The highest BCUT2D eigenvalue weighted by Gasteiger charge is 2.11. The molecule has 0 spiro atoms. The highest BCUT2D eigenvalue weighted by molar-refractivity contribution is 5.66. The normalized spacial score (nSPS) is 12.7. The Bertz CT molecular complexity index is 327. The van der Waals surface area contributed by atoms with Gasteiger partial charge in [-0.3, -0.25) is 14.7 Å². The van der Waals surface area contributed by atoms with Gasteiger partial charge in [0.15, 0.2) is 0 Å². The number of rotatable bonds is 6. The van der Waals surface area contributed by atoms with Crippen molar-refractivity contribution in [2.45, 2.75) is 25.8 Å². The first-order valence-electron chi connectivity index (χ1n) is 5.43. The molecule has 0 radical (unpaired) electrons. The molecule has 0 fully saturated rings. The zero-order chi connectivity index (χ0) is 12.0. The molecule has 1 N–H and O–H groups in total. The number of carboxylic acids is 1. The summed E-state index contributed by atoms with van der Waals surface area (Å²) in [6.45, 7) is 2.88. The third kappa shape index (κ3) is 3.98. The number of carboxylic acid groups (broad SMARTS) is 1. The maximum Gasteiger partial charge on any atom is 0.303 e. The Morgan fingerprint density at radius 1 is 1.62 bits per heavy atom. The molecule has 88 valence electrons. The lowest BCUT2D eigenvalue weighted by atomic mass is 10.1. The lowest BCUT2D eigenvalue weighted by Gasteiger charge is -2.24. The minimum absolute atomic E-state index is 0.226. The number of aliphatic carboxylic acids is 1. The Morgan fingerprint density at radius 3 is 2.94 bits per heavy atom. The van der Waals surface area contributed by atoms with Crippen LogP contribution in [0.5, 0.6) is 0 Å². The number of aromatic nitrogens is 1. The van der Waals surface area contributed by atoms with Gasteiger partial charge in [-0.1, -0.05) is 6.07 Å². The van der Waals surface area contributed by atoms with Crippen molar-refractivity contribution in [2.75, 3.05) is 13.6 Å². The molecule has 1 aromatic heterocycles. The molecule has 1 heterocycles. The number of pyridine rings is 1. The molecule has 0 aliphatic heterocycles. The highest BCUT2D eigenvalue weighted by Crippen LogP contribution is 2.17. The van der Waals surface area contributed by atoms with Crippen LogP contribution in [0.1, 0.15) is 31.4 Å². The molecule has 0 amide bonds. The van der Waals surface area contributed by atoms with Crippen LogP contribution in [0.25, 0.3) is 0 Å². The van der Waals surface area contributed by atoms with Crippen LogP contribution >= 0.6 is 0 Å². The molecule has 0 aliphatic rings. The van der Waals surface area contributed by atoms with Crippen molar-refractivity contribution in [3.63, 3.8) is 0 Å². The lowest BCUT2D eigenvalue weighted by molar-refractivity contribution is -0.137. The van der Waals surface area contributed by atoms with Gasteiger partial charge in [0.25, 0.3) is 0 Å². The van der Waals surface area contributed by atoms with E-state index in [1.165, 1.54) is 0 Å². The van der Waals surface area contributed by atoms with Crippen molar-refractivity contribution in [1.82, 2.24) is 9.88 Å². The zero-order valence-electron chi connectivity index (χ0n) is 9.76. The van der Waals surface area contributed by atoms with Crippen molar-refractivity contribution < 1.29 is 9.90 Å². The van der Waals surface area contributed by atoms with Crippen molar-refractivity contribution in [3.05, 3.63) is 30.1 Å². The largest absolute Gasteiger partial charge is 0.481 e. The van der Waals surface area contributed by atoms with Crippen LogP contribution in [-0.4, -0.2) is 34.6 Å². The fraction of sp³-hybridized carbons (Fsp3) is 0.500. The van der Waals surface area contributed by atoms with Crippen LogP contribution in [0.2, 0.25) is 0 Å². The summed E-state index contributed by atoms with van der Waals surface area (Å²) in [4.78, 5) is 16.6. The lowest BCUT2D eigenvalue weighted by Crippen LogP contribution is -2.24. The van der Waals surface area contributed by atoms with E-state index in [0.29, 0.717) is 6.42 Å². The van der Waals surface area contributed by atoms with Gasteiger partial charge in [0.05, 0.1) is 0 Å². The molecule has 1 aromatic rings. The molecule has 0 aliphatic carbocycles. The first kappa shape index (κ1) is 12.6. The number of carbonyl (C=O) groups is 1. The van der Waals surface area contributed by atoms with E-state index in [1.54, 1.807) is 6.20 Å². The van der Waals surface area contributed by atoms with Gasteiger partial charge in [-0.05, 0) is 38.6 Å². The third-order valence-corrected chi connectivity index (χ3v) is 2.73. The first-order valence-corrected chi connectivity index (χ1v) is 5.43. The van der Waals surface area contributed by atoms with E-state index in [-0.39, 0.29) is 12.5 Å². The standard InChI is InChI=1S/C12H18N2O2/c1-10(11-5-3-7-13-9-11)14(2)8-4-6-12(15)16/h3,5,7,9-10H,4,6,8H2,1-2H3,(H,15,16). The van der Waals surface area contributed by atoms with Crippen LogP contribution < -0.4 is 0 Å². The minimum Gasteiger partial charge on any atom is -0.481 e. The third-order valence-electron chi connectivity index (χ3n) is 2.73. The van der Waals surface area contributed by atoms with E-state index in [4.69, 9.17) is 5.11 Å². The predicted octanol–water partition coefficient (Wildman–Crippen LogP) is 1.94. The minimum atomic E-state index is -0.734. The summed E-state index contributed by atoms with van der Waals surface area (Å²) in [6, 6.07) is 4.21. The summed E-state index contributed by atoms with van der Waals surface area (Å²) >= 11 is 0. The second-order valence-electron chi connectivity index (χ2n) is 3.94. The average Bonchev–Trinajstić information content (AvgIpc) is 2.28. The molecule has 1 atom stereocenters. The van der Waals surface area contributed by atoms with E-state index in [2.05, 4.69) is 16.8 Å². The van der Waals surface area contributed by atoms with Crippen LogP contribution in [0.15, 0.2) is 24.5 Å². The molecular weight excluding hydrogens is 204 g/mol. The molecule has 1 rings (SSSR count). The quantitative estimate of drug-likeness (QED) is 0.799. The fourth-order valence-electron chi connectivity index (χ4n) is 1.55. The Balaban J connectivity index is 2.42. The highest BCUT2D eigenvalue weighted by atomic mass is 16.4. The number of hydrogen-bond acceptors (Lipinski definition) is 3. The molecule has 16 heavy (non-hydrogen) atoms. The van der Waals surface area contributed by atoms with Gasteiger partial charge in [0.1, 0.15) is 0 Å². The Kier molecular flexibility index (Phi) is 4.92. The molecule has 0 aromatic carbocycles. The summed E-state index contributed by atoms with van der Waals surface area (Å²) in [5, 5.41) is 8.55. The second-order valence-corrected chi connectivity index (χ2v) is 3.94. The maximum absolute atomic E-state index is 10.4. The Hall–Kier alpha value is -1.42. The van der Waals surface area contributed by atoms with Crippen molar-refractivity contribution in [2.24, 2.45) is 0 Å². The van der Waals surface area contributed by atoms with E-state index in [0.717, 1.165) is 12.1 Å². The van der Waals surface area contributed by atoms with Gasteiger partial charge >= 0.3 is 5.97 Å². The summed E-state index contributed by atoms with van der Waals surface area (Å²) < 4.78 is 0. The molecule has 1 unspecified atom stereocenters. The van der Waals surface area contributed by atoms with Gasteiger partial charge in [-0.15, -0.1) is 0 Å². The topological polar surface area (TPSA) is 53.4 Å².